The number of methoxy groups -OCH3 is 1. The van der Waals surface area contributed by atoms with E-state index in [0.717, 1.165) is 24.4 Å². The van der Waals surface area contributed by atoms with Crippen molar-refractivity contribution in [1.29, 1.82) is 0 Å². The number of oxazole rings is 1. The largest absolute Gasteiger partial charge is 0.497 e. The van der Waals surface area contributed by atoms with Gasteiger partial charge in [-0.05, 0) is 42.8 Å². The van der Waals surface area contributed by atoms with E-state index in [1.807, 2.05) is 30.3 Å². The summed E-state index contributed by atoms with van der Waals surface area (Å²) in [4.78, 5) is 4.38. The third kappa shape index (κ3) is 3.56. The monoisotopic (exact) mass is 298 g/mol. The molecular formula is C17H18N2O3. The van der Waals surface area contributed by atoms with Gasteiger partial charge >= 0.3 is 0 Å². The number of hydrogen-bond acceptors (Lipinski definition) is 5. The first-order valence-electron chi connectivity index (χ1n) is 7.17. The molecule has 0 aliphatic rings. The Morgan fingerprint density at radius 1 is 1.18 bits per heavy atom. The molecule has 2 heterocycles. The molecule has 0 fully saturated rings. The first kappa shape index (κ1) is 14.4. The van der Waals surface area contributed by atoms with Gasteiger partial charge in [-0.25, -0.2) is 4.98 Å². The maximum absolute atomic E-state index is 5.39. The molecule has 1 N–H and O–H groups in total. The molecule has 114 valence electrons. The normalized spacial score (nSPS) is 10.8. The number of rotatable bonds is 7. The van der Waals surface area contributed by atoms with Crippen LogP contribution in [0.5, 0.6) is 5.75 Å². The molecule has 0 saturated heterocycles. The fourth-order valence-corrected chi connectivity index (χ4v) is 2.18. The van der Waals surface area contributed by atoms with E-state index in [1.165, 1.54) is 5.56 Å². The minimum atomic E-state index is 0.509. The zero-order valence-electron chi connectivity index (χ0n) is 12.4. The number of nitrogens with one attached hydrogen (secondary N) is 1. The van der Waals surface area contributed by atoms with Gasteiger partial charge in [-0.3, -0.25) is 0 Å². The fourth-order valence-electron chi connectivity index (χ4n) is 2.18. The molecular weight excluding hydrogens is 280 g/mol. The van der Waals surface area contributed by atoms with Gasteiger partial charge in [0.25, 0.3) is 5.89 Å². The zero-order chi connectivity index (χ0) is 15.2. The van der Waals surface area contributed by atoms with E-state index in [2.05, 4.69) is 16.4 Å². The van der Waals surface area contributed by atoms with E-state index in [-0.39, 0.29) is 0 Å². The second kappa shape index (κ2) is 6.95. The molecule has 22 heavy (non-hydrogen) atoms. The van der Waals surface area contributed by atoms with Gasteiger partial charge in [-0.2, -0.15) is 0 Å². The number of benzene rings is 1. The average Bonchev–Trinajstić information content (AvgIpc) is 3.23. The lowest BCUT2D eigenvalue weighted by Crippen LogP contribution is -2.16. The van der Waals surface area contributed by atoms with Crippen LogP contribution in [-0.4, -0.2) is 18.6 Å². The summed E-state index contributed by atoms with van der Waals surface area (Å²) in [6, 6.07) is 11.7. The summed E-state index contributed by atoms with van der Waals surface area (Å²) >= 11 is 0. The predicted molar refractivity (Wildman–Crippen MR) is 82.6 cm³/mol. The minimum Gasteiger partial charge on any atom is -0.497 e. The van der Waals surface area contributed by atoms with Crippen LogP contribution < -0.4 is 10.1 Å². The van der Waals surface area contributed by atoms with Crippen molar-refractivity contribution >= 4 is 0 Å². The molecule has 5 heteroatoms. The van der Waals surface area contributed by atoms with Crippen molar-refractivity contribution < 1.29 is 13.6 Å². The highest BCUT2D eigenvalue weighted by atomic mass is 16.5. The van der Waals surface area contributed by atoms with Crippen molar-refractivity contribution in [2.75, 3.05) is 13.7 Å². The molecule has 0 aliphatic heterocycles. The SMILES string of the molecule is COc1cccc(CCNCc2coc(-c3ccco3)n2)c1. The molecule has 2 aromatic heterocycles. The van der Waals surface area contributed by atoms with Crippen molar-refractivity contribution in [2.24, 2.45) is 0 Å². The molecule has 0 saturated carbocycles. The van der Waals surface area contributed by atoms with Crippen molar-refractivity contribution in [3.8, 4) is 17.4 Å². The topological polar surface area (TPSA) is 60.4 Å². The highest BCUT2D eigenvalue weighted by Gasteiger charge is 2.08. The standard InChI is InChI=1S/C17H18N2O3/c1-20-15-5-2-4-13(10-15)7-8-18-11-14-12-22-17(19-14)16-6-3-9-21-16/h2-6,9-10,12,18H,7-8,11H2,1H3. The smallest absolute Gasteiger partial charge is 0.263 e. The summed E-state index contributed by atoms with van der Waals surface area (Å²) in [5.74, 6) is 2.04. The van der Waals surface area contributed by atoms with Gasteiger partial charge in [0.2, 0.25) is 0 Å². The van der Waals surface area contributed by atoms with Crippen LogP contribution in [0, 0.1) is 0 Å². The Balaban J connectivity index is 1.47. The Morgan fingerprint density at radius 2 is 2.14 bits per heavy atom. The highest BCUT2D eigenvalue weighted by molar-refractivity contribution is 5.43. The van der Waals surface area contributed by atoms with Crippen LogP contribution in [0.2, 0.25) is 0 Å². The number of hydrogen-bond donors (Lipinski definition) is 1. The maximum Gasteiger partial charge on any atom is 0.263 e. The van der Waals surface area contributed by atoms with Crippen molar-refractivity contribution in [2.45, 2.75) is 13.0 Å². The predicted octanol–water partition coefficient (Wildman–Crippen LogP) is 3.28. The van der Waals surface area contributed by atoms with Gasteiger partial charge in [-0.15, -0.1) is 0 Å². The Morgan fingerprint density at radius 3 is 2.95 bits per heavy atom. The summed E-state index contributed by atoms with van der Waals surface area (Å²) in [7, 11) is 1.68. The van der Waals surface area contributed by atoms with Crippen LogP contribution in [0.3, 0.4) is 0 Å². The Labute approximate surface area is 128 Å². The first-order valence-corrected chi connectivity index (χ1v) is 7.17. The lowest BCUT2D eigenvalue weighted by molar-refractivity contribution is 0.414. The highest BCUT2D eigenvalue weighted by Crippen LogP contribution is 2.18. The summed E-state index contributed by atoms with van der Waals surface area (Å²) in [6.07, 6.45) is 4.18. The van der Waals surface area contributed by atoms with Crippen LogP contribution in [0.1, 0.15) is 11.3 Å². The lowest BCUT2D eigenvalue weighted by atomic mass is 10.1. The van der Waals surface area contributed by atoms with Crippen molar-refractivity contribution in [3.05, 3.63) is 60.2 Å². The molecule has 0 aliphatic carbocycles. The summed E-state index contributed by atoms with van der Waals surface area (Å²) in [5.41, 5.74) is 2.10. The van der Waals surface area contributed by atoms with E-state index in [1.54, 1.807) is 19.6 Å². The van der Waals surface area contributed by atoms with Crippen LogP contribution in [0.4, 0.5) is 0 Å². The minimum absolute atomic E-state index is 0.509. The number of nitrogens with zero attached hydrogens (tertiary/aromatic N) is 1. The van der Waals surface area contributed by atoms with E-state index in [4.69, 9.17) is 13.6 Å². The molecule has 0 radical (unpaired) electrons. The molecule has 5 nitrogen and oxygen atoms in total. The Bertz CT molecular complexity index is 704. The fraction of sp³-hybridized carbons (Fsp3) is 0.235. The molecule has 0 atom stereocenters. The summed E-state index contributed by atoms with van der Waals surface area (Å²) in [6.45, 7) is 1.52. The molecule has 3 aromatic rings. The number of ether oxygens (including phenoxy) is 1. The Hall–Kier alpha value is -2.53. The summed E-state index contributed by atoms with van der Waals surface area (Å²) < 4.78 is 15.9. The molecule has 0 amide bonds. The first-order chi connectivity index (χ1) is 10.8. The van der Waals surface area contributed by atoms with Crippen molar-refractivity contribution in [1.82, 2.24) is 10.3 Å². The molecule has 0 spiro atoms. The van der Waals surface area contributed by atoms with Gasteiger partial charge in [0.05, 0.1) is 19.1 Å². The molecule has 1 aromatic carbocycles. The Kier molecular flexibility index (Phi) is 4.56. The van der Waals surface area contributed by atoms with Gasteiger partial charge in [0, 0.05) is 6.54 Å². The van der Waals surface area contributed by atoms with Gasteiger partial charge in [0.1, 0.15) is 12.0 Å². The van der Waals surface area contributed by atoms with Crippen LogP contribution >= 0.6 is 0 Å². The van der Waals surface area contributed by atoms with Crippen LogP contribution in [0.15, 0.2) is 57.8 Å². The summed E-state index contributed by atoms with van der Waals surface area (Å²) in [5, 5.41) is 3.35. The zero-order valence-corrected chi connectivity index (χ0v) is 12.4. The van der Waals surface area contributed by atoms with Crippen LogP contribution in [-0.2, 0) is 13.0 Å². The average molecular weight is 298 g/mol. The molecule has 3 rings (SSSR count). The second-order valence-corrected chi connectivity index (χ2v) is 4.90. The quantitative estimate of drug-likeness (QED) is 0.678. The lowest BCUT2D eigenvalue weighted by Gasteiger charge is -2.05. The van der Waals surface area contributed by atoms with Gasteiger partial charge in [0.15, 0.2) is 5.76 Å². The van der Waals surface area contributed by atoms with E-state index in [9.17, 15) is 0 Å². The molecule has 0 unspecified atom stereocenters. The van der Waals surface area contributed by atoms with Gasteiger partial charge in [-0.1, -0.05) is 12.1 Å². The maximum atomic E-state index is 5.39. The second-order valence-electron chi connectivity index (χ2n) is 4.90. The number of aromatic nitrogens is 1. The van der Waals surface area contributed by atoms with Gasteiger partial charge < -0.3 is 18.9 Å². The third-order valence-corrected chi connectivity index (χ3v) is 3.31. The van der Waals surface area contributed by atoms with Crippen LogP contribution in [0.25, 0.3) is 11.7 Å². The van der Waals surface area contributed by atoms with Crippen molar-refractivity contribution in [3.63, 3.8) is 0 Å². The molecule has 0 bridgehead atoms. The third-order valence-electron chi connectivity index (χ3n) is 3.31. The number of furan rings is 1. The van der Waals surface area contributed by atoms with E-state index < -0.39 is 0 Å². The van der Waals surface area contributed by atoms with E-state index >= 15 is 0 Å². The van der Waals surface area contributed by atoms with E-state index in [0.29, 0.717) is 18.2 Å².